The van der Waals surface area contributed by atoms with Gasteiger partial charge in [-0.25, -0.2) is 0 Å². The molecular weight excluding hydrogens is 208 g/mol. The molecule has 1 rings (SSSR count). The molecule has 2 atom stereocenters. The lowest BCUT2D eigenvalue weighted by molar-refractivity contribution is 0.0952. The van der Waals surface area contributed by atoms with E-state index in [9.17, 15) is 0 Å². The van der Waals surface area contributed by atoms with Gasteiger partial charge in [-0.1, -0.05) is 47.0 Å². The third kappa shape index (κ3) is 4.97. The standard InChI is InChI=1S/C15H32N2/c1-5-7-8-9-10-17-12-14(6-2)16-11-15(17)13(3)4/h13-16H,5-12H2,1-4H3. The maximum Gasteiger partial charge on any atom is 0.0244 e. The molecule has 102 valence electrons. The van der Waals surface area contributed by atoms with Crippen molar-refractivity contribution in [1.82, 2.24) is 10.2 Å². The second kappa shape index (κ2) is 8.10. The van der Waals surface area contributed by atoms with Crippen molar-refractivity contribution in [2.45, 2.75) is 71.9 Å². The summed E-state index contributed by atoms with van der Waals surface area (Å²) in [6.45, 7) is 13.0. The number of hydrogen-bond donors (Lipinski definition) is 1. The topological polar surface area (TPSA) is 15.3 Å². The normalized spacial score (nSPS) is 26.6. The number of piperazine rings is 1. The Morgan fingerprint density at radius 3 is 2.53 bits per heavy atom. The Labute approximate surface area is 108 Å². The van der Waals surface area contributed by atoms with Crippen LogP contribution in [-0.4, -0.2) is 36.6 Å². The minimum absolute atomic E-state index is 0.719. The van der Waals surface area contributed by atoms with E-state index in [1.807, 2.05) is 0 Å². The summed E-state index contributed by atoms with van der Waals surface area (Å²) in [5, 5.41) is 3.69. The molecule has 1 aliphatic heterocycles. The molecule has 0 bridgehead atoms. The molecule has 0 aromatic rings. The van der Waals surface area contributed by atoms with E-state index in [0.717, 1.165) is 18.0 Å². The molecule has 0 saturated carbocycles. The highest BCUT2D eigenvalue weighted by Crippen LogP contribution is 2.17. The smallest absolute Gasteiger partial charge is 0.0244 e. The molecule has 0 amide bonds. The molecule has 1 heterocycles. The number of hydrogen-bond acceptors (Lipinski definition) is 2. The van der Waals surface area contributed by atoms with Gasteiger partial charge in [0.05, 0.1) is 0 Å². The van der Waals surface area contributed by atoms with Crippen LogP contribution in [0.2, 0.25) is 0 Å². The summed E-state index contributed by atoms with van der Waals surface area (Å²) < 4.78 is 0. The average molecular weight is 240 g/mol. The van der Waals surface area contributed by atoms with Gasteiger partial charge in [0.2, 0.25) is 0 Å². The first-order chi connectivity index (χ1) is 8.19. The third-order valence-electron chi connectivity index (χ3n) is 4.10. The van der Waals surface area contributed by atoms with Crippen LogP contribution in [0, 0.1) is 5.92 Å². The molecule has 1 aliphatic rings. The van der Waals surface area contributed by atoms with Crippen LogP contribution >= 0.6 is 0 Å². The molecular formula is C15H32N2. The number of unbranched alkanes of at least 4 members (excludes halogenated alkanes) is 3. The summed E-state index contributed by atoms with van der Waals surface area (Å²) in [5.41, 5.74) is 0. The Hall–Kier alpha value is -0.0800. The molecule has 2 nitrogen and oxygen atoms in total. The van der Waals surface area contributed by atoms with Crippen molar-refractivity contribution in [2.75, 3.05) is 19.6 Å². The third-order valence-corrected chi connectivity index (χ3v) is 4.10. The highest BCUT2D eigenvalue weighted by molar-refractivity contribution is 4.87. The molecule has 1 saturated heterocycles. The lowest BCUT2D eigenvalue weighted by Gasteiger charge is -2.42. The summed E-state index contributed by atoms with van der Waals surface area (Å²) in [4.78, 5) is 2.74. The van der Waals surface area contributed by atoms with E-state index in [0.29, 0.717) is 0 Å². The van der Waals surface area contributed by atoms with Crippen LogP contribution in [0.5, 0.6) is 0 Å². The summed E-state index contributed by atoms with van der Waals surface area (Å²) in [7, 11) is 0. The van der Waals surface area contributed by atoms with Gasteiger partial charge in [-0.15, -0.1) is 0 Å². The van der Waals surface area contributed by atoms with E-state index >= 15 is 0 Å². The molecule has 1 N–H and O–H groups in total. The van der Waals surface area contributed by atoms with Crippen molar-refractivity contribution in [3.8, 4) is 0 Å². The number of rotatable bonds is 7. The lowest BCUT2D eigenvalue weighted by Crippen LogP contribution is -2.58. The Morgan fingerprint density at radius 1 is 1.18 bits per heavy atom. The Kier molecular flexibility index (Phi) is 7.14. The van der Waals surface area contributed by atoms with Gasteiger partial charge in [-0.2, -0.15) is 0 Å². The van der Waals surface area contributed by atoms with Crippen molar-refractivity contribution in [1.29, 1.82) is 0 Å². The van der Waals surface area contributed by atoms with Gasteiger partial charge in [0, 0.05) is 25.2 Å². The molecule has 17 heavy (non-hydrogen) atoms. The van der Waals surface area contributed by atoms with Gasteiger partial charge in [-0.3, -0.25) is 4.90 Å². The molecule has 0 radical (unpaired) electrons. The maximum absolute atomic E-state index is 3.69. The molecule has 2 unspecified atom stereocenters. The SMILES string of the molecule is CCCCCCN1CC(CC)NCC1C(C)C. The Morgan fingerprint density at radius 2 is 1.94 bits per heavy atom. The zero-order valence-corrected chi connectivity index (χ0v) is 12.3. The van der Waals surface area contributed by atoms with Crippen LogP contribution in [0.25, 0.3) is 0 Å². The van der Waals surface area contributed by atoms with Crippen molar-refractivity contribution >= 4 is 0 Å². The van der Waals surface area contributed by atoms with Crippen LogP contribution in [0.4, 0.5) is 0 Å². The zero-order valence-electron chi connectivity index (χ0n) is 12.3. The molecule has 0 aliphatic carbocycles. The first-order valence-corrected chi connectivity index (χ1v) is 7.66. The maximum atomic E-state index is 3.69. The van der Waals surface area contributed by atoms with Crippen LogP contribution in [0.15, 0.2) is 0 Å². The van der Waals surface area contributed by atoms with Crippen molar-refractivity contribution in [3.63, 3.8) is 0 Å². The Balaban J connectivity index is 2.37. The number of nitrogens with zero attached hydrogens (tertiary/aromatic N) is 1. The average Bonchev–Trinajstić information content (AvgIpc) is 2.34. The second-order valence-corrected chi connectivity index (χ2v) is 5.88. The second-order valence-electron chi connectivity index (χ2n) is 5.88. The quantitative estimate of drug-likeness (QED) is 0.687. The minimum atomic E-state index is 0.719. The predicted molar refractivity (Wildman–Crippen MR) is 76.4 cm³/mol. The van der Waals surface area contributed by atoms with Crippen molar-refractivity contribution in [2.24, 2.45) is 5.92 Å². The van der Waals surface area contributed by atoms with E-state index in [4.69, 9.17) is 0 Å². The predicted octanol–water partition coefficient (Wildman–Crippen LogP) is 3.28. The van der Waals surface area contributed by atoms with Gasteiger partial charge in [0.1, 0.15) is 0 Å². The number of nitrogens with one attached hydrogen (secondary N) is 1. The molecule has 0 aromatic carbocycles. The van der Waals surface area contributed by atoms with Gasteiger partial charge < -0.3 is 5.32 Å². The molecule has 2 heteroatoms. The largest absolute Gasteiger partial charge is 0.311 e. The van der Waals surface area contributed by atoms with Crippen molar-refractivity contribution in [3.05, 3.63) is 0 Å². The van der Waals surface area contributed by atoms with Gasteiger partial charge >= 0.3 is 0 Å². The molecule has 0 aromatic heterocycles. The van der Waals surface area contributed by atoms with Crippen LogP contribution < -0.4 is 5.32 Å². The first-order valence-electron chi connectivity index (χ1n) is 7.66. The highest BCUT2D eigenvalue weighted by Gasteiger charge is 2.28. The van der Waals surface area contributed by atoms with E-state index < -0.39 is 0 Å². The van der Waals surface area contributed by atoms with Crippen LogP contribution in [-0.2, 0) is 0 Å². The fourth-order valence-corrected chi connectivity index (χ4v) is 2.83. The molecule has 1 fully saturated rings. The van der Waals surface area contributed by atoms with Gasteiger partial charge in [0.25, 0.3) is 0 Å². The summed E-state index contributed by atoms with van der Waals surface area (Å²) in [6, 6.07) is 1.47. The van der Waals surface area contributed by atoms with Gasteiger partial charge in [-0.05, 0) is 25.3 Å². The summed E-state index contributed by atoms with van der Waals surface area (Å²) in [5.74, 6) is 0.770. The van der Waals surface area contributed by atoms with Gasteiger partial charge in [0.15, 0.2) is 0 Å². The Bertz CT molecular complexity index is 191. The zero-order chi connectivity index (χ0) is 12.7. The summed E-state index contributed by atoms with van der Waals surface area (Å²) >= 11 is 0. The fraction of sp³-hybridized carbons (Fsp3) is 1.00. The van der Waals surface area contributed by atoms with E-state index in [1.54, 1.807) is 0 Å². The summed E-state index contributed by atoms with van der Waals surface area (Å²) in [6.07, 6.45) is 6.79. The molecule has 0 spiro atoms. The van der Waals surface area contributed by atoms with E-state index in [2.05, 4.69) is 37.9 Å². The first kappa shape index (κ1) is 15.0. The van der Waals surface area contributed by atoms with E-state index in [1.165, 1.54) is 51.7 Å². The minimum Gasteiger partial charge on any atom is -0.311 e. The lowest BCUT2D eigenvalue weighted by atomic mass is 9.97. The highest BCUT2D eigenvalue weighted by atomic mass is 15.2. The van der Waals surface area contributed by atoms with E-state index in [-0.39, 0.29) is 0 Å². The monoisotopic (exact) mass is 240 g/mol. The van der Waals surface area contributed by atoms with Crippen LogP contribution in [0.3, 0.4) is 0 Å². The fourth-order valence-electron chi connectivity index (χ4n) is 2.83. The van der Waals surface area contributed by atoms with Crippen molar-refractivity contribution < 1.29 is 0 Å². The van der Waals surface area contributed by atoms with Crippen LogP contribution in [0.1, 0.15) is 59.8 Å².